The minimum atomic E-state index is -0.666. The number of nitrogens with one attached hydrogen (secondary N) is 1. The van der Waals surface area contributed by atoms with Crippen LogP contribution in [0.4, 0.5) is 5.69 Å². The summed E-state index contributed by atoms with van der Waals surface area (Å²) in [6.45, 7) is 3.42. The highest BCUT2D eigenvalue weighted by molar-refractivity contribution is 9.10. The van der Waals surface area contributed by atoms with Crippen LogP contribution < -0.4 is 16.0 Å². The van der Waals surface area contributed by atoms with Gasteiger partial charge in [0.25, 0.3) is 5.91 Å². The average Bonchev–Trinajstić information content (AvgIpc) is 3.20. The molecule has 0 radical (unpaired) electrons. The lowest BCUT2D eigenvalue weighted by atomic mass is 9.97. The average molecular weight is 419 g/mol. The molecule has 3 heterocycles. The van der Waals surface area contributed by atoms with E-state index in [1.54, 1.807) is 21.7 Å². The molecule has 0 spiro atoms. The van der Waals surface area contributed by atoms with Gasteiger partial charge >= 0.3 is 0 Å². The number of rotatable bonds is 5. The molecule has 1 fully saturated rings. The number of nitrogens with zero attached hydrogens (tertiary/aromatic N) is 4. The Balaban J connectivity index is 2.26. The Bertz CT molecular complexity index is 903. The van der Waals surface area contributed by atoms with Crippen molar-refractivity contribution >= 4 is 38.9 Å². The molecular formula is C17H19BrN6O2. The molecule has 136 valence electrons. The third kappa shape index (κ3) is 3.18. The zero-order valence-corrected chi connectivity index (χ0v) is 15.9. The first-order chi connectivity index (χ1) is 12.5. The summed E-state index contributed by atoms with van der Waals surface area (Å²) >= 11 is 3.40. The zero-order valence-electron chi connectivity index (χ0n) is 14.3. The number of hydrogen-bond donors (Lipinski definition) is 2. The van der Waals surface area contributed by atoms with E-state index in [-0.39, 0.29) is 29.9 Å². The SMILES string of the molecule is CC[C@H]1CNC[C@H]1N(C(=O)CC#N)c1c(C(N)=O)cnn2cc(Br)cc12. The molecule has 0 aliphatic carbocycles. The van der Waals surface area contributed by atoms with Gasteiger partial charge in [-0.15, -0.1) is 0 Å². The largest absolute Gasteiger partial charge is 0.365 e. The maximum absolute atomic E-state index is 12.9. The maximum Gasteiger partial charge on any atom is 0.252 e. The van der Waals surface area contributed by atoms with Crippen molar-refractivity contribution in [1.82, 2.24) is 14.9 Å². The second-order valence-corrected chi connectivity index (χ2v) is 7.17. The van der Waals surface area contributed by atoms with E-state index in [0.717, 1.165) is 17.4 Å². The van der Waals surface area contributed by atoms with Gasteiger partial charge in [-0.25, -0.2) is 4.52 Å². The van der Waals surface area contributed by atoms with Gasteiger partial charge in [-0.2, -0.15) is 10.4 Å². The van der Waals surface area contributed by atoms with Crippen molar-refractivity contribution in [3.8, 4) is 6.07 Å². The van der Waals surface area contributed by atoms with Crippen LogP contribution in [-0.4, -0.2) is 40.6 Å². The maximum atomic E-state index is 12.9. The van der Waals surface area contributed by atoms with E-state index in [1.165, 1.54) is 6.20 Å². The molecule has 2 amide bonds. The summed E-state index contributed by atoms with van der Waals surface area (Å²) in [5, 5.41) is 16.6. The van der Waals surface area contributed by atoms with Crippen molar-refractivity contribution in [2.45, 2.75) is 25.8 Å². The number of halogens is 1. The van der Waals surface area contributed by atoms with Gasteiger partial charge in [0, 0.05) is 23.8 Å². The summed E-state index contributed by atoms with van der Waals surface area (Å²) in [4.78, 5) is 26.5. The standard InChI is InChI=1S/C17H19BrN6O2/c1-2-10-6-21-8-14(10)24(15(25)3-4-19)16-12(17(20)26)7-22-23-9-11(18)5-13(16)23/h5,7,9-10,14,21H,2-3,6,8H2,1H3,(H2,20,26)/t10-,14+/m0/s1. The zero-order chi connectivity index (χ0) is 18.8. The van der Waals surface area contributed by atoms with Crippen LogP contribution in [0.15, 0.2) is 22.9 Å². The highest BCUT2D eigenvalue weighted by atomic mass is 79.9. The fourth-order valence-electron chi connectivity index (χ4n) is 3.51. The normalized spacial score (nSPS) is 19.4. The predicted molar refractivity (Wildman–Crippen MR) is 99.6 cm³/mol. The van der Waals surface area contributed by atoms with E-state index in [2.05, 4.69) is 33.3 Å². The lowest BCUT2D eigenvalue weighted by molar-refractivity contribution is -0.118. The van der Waals surface area contributed by atoms with Crippen molar-refractivity contribution in [3.05, 3.63) is 28.5 Å². The first-order valence-corrected chi connectivity index (χ1v) is 9.13. The third-order valence-corrected chi connectivity index (χ3v) is 5.18. The van der Waals surface area contributed by atoms with Gasteiger partial charge in [0.15, 0.2) is 0 Å². The molecule has 1 aliphatic heterocycles. The Morgan fingerprint density at radius 2 is 2.31 bits per heavy atom. The summed E-state index contributed by atoms with van der Waals surface area (Å²) < 4.78 is 2.35. The van der Waals surface area contributed by atoms with E-state index in [9.17, 15) is 9.59 Å². The number of carbonyl (C=O) groups excluding carboxylic acids is 2. The lowest BCUT2D eigenvalue weighted by Crippen LogP contribution is -2.46. The molecular weight excluding hydrogens is 400 g/mol. The van der Waals surface area contributed by atoms with Crippen LogP contribution in [0.25, 0.3) is 5.52 Å². The van der Waals surface area contributed by atoms with Crippen molar-refractivity contribution < 1.29 is 9.59 Å². The fourth-order valence-corrected chi connectivity index (χ4v) is 3.92. The van der Waals surface area contributed by atoms with Crippen molar-refractivity contribution in [3.63, 3.8) is 0 Å². The summed E-state index contributed by atoms with van der Waals surface area (Å²) in [5.74, 6) is -0.807. The Morgan fingerprint density at radius 1 is 1.54 bits per heavy atom. The molecule has 0 saturated carbocycles. The summed E-state index contributed by atoms with van der Waals surface area (Å²) in [6, 6.07) is 3.53. The number of anilines is 1. The van der Waals surface area contributed by atoms with Crippen LogP contribution >= 0.6 is 15.9 Å². The number of hydrogen-bond acceptors (Lipinski definition) is 5. The van der Waals surface area contributed by atoms with Crippen molar-refractivity contribution in [2.24, 2.45) is 11.7 Å². The highest BCUT2D eigenvalue weighted by Crippen LogP contribution is 2.34. The number of aromatic nitrogens is 2. The minimum absolute atomic E-state index is 0.163. The first-order valence-electron chi connectivity index (χ1n) is 8.34. The van der Waals surface area contributed by atoms with Crippen LogP contribution in [0.1, 0.15) is 30.1 Å². The van der Waals surface area contributed by atoms with Gasteiger partial charge in [-0.3, -0.25) is 9.59 Å². The van der Waals surface area contributed by atoms with E-state index in [1.807, 2.05) is 6.07 Å². The van der Waals surface area contributed by atoms with E-state index < -0.39 is 5.91 Å². The van der Waals surface area contributed by atoms with Gasteiger partial charge in [-0.05, 0) is 27.9 Å². The monoisotopic (exact) mass is 418 g/mol. The topological polar surface area (TPSA) is 117 Å². The Labute approximate surface area is 159 Å². The number of primary amides is 1. The van der Waals surface area contributed by atoms with Gasteiger partial charge < -0.3 is 16.0 Å². The van der Waals surface area contributed by atoms with Crippen molar-refractivity contribution in [1.29, 1.82) is 5.26 Å². The molecule has 8 nitrogen and oxygen atoms in total. The second-order valence-electron chi connectivity index (χ2n) is 6.25. The molecule has 9 heteroatoms. The molecule has 3 rings (SSSR count). The Hall–Kier alpha value is -2.44. The Kier molecular flexibility index (Phi) is 5.25. The minimum Gasteiger partial charge on any atom is -0.365 e. The first kappa shape index (κ1) is 18.4. The molecule has 3 N–H and O–H groups in total. The molecule has 0 aromatic carbocycles. The van der Waals surface area contributed by atoms with Gasteiger partial charge in [0.2, 0.25) is 5.91 Å². The number of amides is 2. The molecule has 0 bridgehead atoms. The Morgan fingerprint density at radius 3 is 2.96 bits per heavy atom. The molecule has 2 aromatic heterocycles. The van der Waals surface area contributed by atoms with E-state index in [4.69, 9.17) is 11.0 Å². The van der Waals surface area contributed by atoms with Gasteiger partial charge in [0.05, 0.1) is 35.1 Å². The van der Waals surface area contributed by atoms with E-state index in [0.29, 0.717) is 17.7 Å². The molecule has 2 atom stereocenters. The fraction of sp³-hybridized carbons (Fsp3) is 0.412. The van der Waals surface area contributed by atoms with Crippen LogP contribution in [0.2, 0.25) is 0 Å². The molecule has 2 aromatic rings. The van der Waals surface area contributed by atoms with Crippen LogP contribution in [0, 0.1) is 17.2 Å². The summed E-state index contributed by atoms with van der Waals surface area (Å²) in [5.41, 5.74) is 6.73. The number of nitrogens with two attached hydrogens (primary N) is 1. The van der Waals surface area contributed by atoms with Gasteiger partial charge in [0.1, 0.15) is 6.42 Å². The second kappa shape index (κ2) is 7.43. The molecule has 0 unspecified atom stereocenters. The smallest absolute Gasteiger partial charge is 0.252 e. The number of fused-ring (bicyclic) bond motifs is 1. The molecule has 26 heavy (non-hydrogen) atoms. The van der Waals surface area contributed by atoms with Crippen molar-refractivity contribution in [2.75, 3.05) is 18.0 Å². The van der Waals surface area contributed by atoms with Crippen LogP contribution in [0.3, 0.4) is 0 Å². The highest BCUT2D eigenvalue weighted by Gasteiger charge is 2.37. The summed E-state index contributed by atoms with van der Waals surface area (Å²) in [7, 11) is 0. The molecule has 1 saturated heterocycles. The predicted octanol–water partition coefficient (Wildman–Crippen LogP) is 1.44. The van der Waals surface area contributed by atoms with Gasteiger partial charge in [-0.1, -0.05) is 13.3 Å². The van der Waals surface area contributed by atoms with Crippen LogP contribution in [0.5, 0.6) is 0 Å². The molecule has 1 aliphatic rings. The summed E-state index contributed by atoms with van der Waals surface area (Å²) in [6.07, 6.45) is 3.70. The lowest BCUT2D eigenvalue weighted by Gasteiger charge is -2.33. The van der Waals surface area contributed by atoms with E-state index >= 15 is 0 Å². The third-order valence-electron chi connectivity index (χ3n) is 4.74. The number of nitriles is 1. The van der Waals surface area contributed by atoms with Crippen LogP contribution in [-0.2, 0) is 4.79 Å². The quantitative estimate of drug-likeness (QED) is 0.761. The number of carbonyl (C=O) groups is 2.